The highest BCUT2D eigenvalue weighted by Crippen LogP contribution is 2.18. The van der Waals surface area contributed by atoms with Gasteiger partial charge in [0.05, 0.1) is 17.6 Å². The van der Waals surface area contributed by atoms with Gasteiger partial charge in [-0.15, -0.1) is 0 Å². The Hall–Kier alpha value is -3.80. The van der Waals surface area contributed by atoms with Crippen molar-refractivity contribution in [3.05, 3.63) is 90.8 Å². The normalized spacial score (nSPS) is 10.8. The predicted octanol–water partition coefficient (Wildman–Crippen LogP) is 5.02. The highest BCUT2D eigenvalue weighted by atomic mass is 16.5. The fourth-order valence-corrected chi connectivity index (χ4v) is 3.84. The van der Waals surface area contributed by atoms with Crippen molar-refractivity contribution in [1.29, 1.82) is 0 Å². The van der Waals surface area contributed by atoms with Crippen molar-refractivity contribution >= 4 is 16.9 Å². The molecule has 1 heterocycles. The molecular formula is C28H31N3O3. The van der Waals surface area contributed by atoms with Crippen LogP contribution in [-0.4, -0.2) is 35.2 Å². The Morgan fingerprint density at radius 3 is 2.24 bits per heavy atom. The maximum Gasteiger partial charge on any atom is 0.257 e. The van der Waals surface area contributed by atoms with Crippen LogP contribution in [0.4, 0.5) is 0 Å². The number of hydrogen-bond donors (Lipinski definition) is 1. The van der Waals surface area contributed by atoms with Crippen LogP contribution in [0.5, 0.6) is 11.5 Å². The van der Waals surface area contributed by atoms with E-state index < -0.39 is 0 Å². The third-order valence-corrected chi connectivity index (χ3v) is 5.53. The number of carbonyl (C=O) groups excluding carboxylic acids is 1. The lowest BCUT2D eigenvalue weighted by Crippen LogP contribution is -2.30. The maximum absolute atomic E-state index is 12.1. The molecule has 0 saturated heterocycles. The van der Waals surface area contributed by atoms with Crippen molar-refractivity contribution in [3.63, 3.8) is 0 Å². The molecule has 0 saturated carbocycles. The largest absolute Gasteiger partial charge is 0.494 e. The first kappa shape index (κ1) is 23.4. The van der Waals surface area contributed by atoms with Crippen LogP contribution >= 0.6 is 0 Å². The topological polar surface area (TPSA) is 65.4 Å². The molecule has 0 aliphatic rings. The Bertz CT molecular complexity index is 1160. The van der Waals surface area contributed by atoms with E-state index in [0.29, 0.717) is 18.9 Å². The highest BCUT2D eigenvalue weighted by molar-refractivity contribution is 5.77. The van der Waals surface area contributed by atoms with Crippen molar-refractivity contribution in [2.24, 2.45) is 0 Å². The van der Waals surface area contributed by atoms with Crippen molar-refractivity contribution < 1.29 is 14.3 Å². The third-order valence-electron chi connectivity index (χ3n) is 5.53. The number of amides is 1. The molecule has 0 bridgehead atoms. The second-order valence-electron chi connectivity index (χ2n) is 8.09. The van der Waals surface area contributed by atoms with Gasteiger partial charge in [0.2, 0.25) is 0 Å². The number of nitrogens with zero attached hydrogens (tertiary/aromatic N) is 2. The molecule has 0 atom stereocenters. The molecule has 0 spiro atoms. The average Bonchev–Trinajstić information content (AvgIpc) is 3.24. The molecular weight excluding hydrogens is 426 g/mol. The molecule has 1 N–H and O–H groups in total. The molecule has 1 amide bonds. The molecule has 4 aromatic rings. The summed E-state index contributed by atoms with van der Waals surface area (Å²) in [6, 6.07) is 27.5. The van der Waals surface area contributed by atoms with Gasteiger partial charge >= 0.3 is 0 Å². The van der Waals surface area contributed by atoms with Gasteiger partial charge in [-0.1, -0.05) is 48.5 Å². The van der Waals surface area contributed by atoms with Crippen LogP contribution in [0, 0.1) is 0 Å². The lowest BCUT2D eigenvalue weighted by Gasteiger charge is -2.11. The van der Waals surface area contributed by atoms with Crippen molar-refractivity contribution in [3.8, 4) is 11.5 Å². The molecule has 6 heteroatoms. The quantitative estimate of drug-likeness (QED) is 0.286. The fourth-order valence-electron chi connectivity index (χ4n) is 3.84. The number of rotatable bonds is 13. The lowest BCUT2D eigenvalue weighted by molar-refractivity contribution is -0.123. The molecule has 0 aliphatic heterocycles. The number of carbonyl (C=O) groups is 1. The maximum atomic E-state index is 12.1. The highest BCUT2D eigenvalue weighted by Gasteiger charge is 2.10. The van der Waals surface area contributed by atoms with Crippen LogP contribution in [0.25, 0.3) is 11.0 Å². The summed E-state index contributed by atoms with van der Waals surface area (Å²) >= 11 is 0. The van der Waals surface area contributed by atoms with Crippen molar-refractivity contribution in [1.82, 2.24) is 14.9 Å². The van der Waals surface area contributed by atoms with Gasteiger partial charge in [-0.05, 0) is 55.7 Å². The summed E-state index contributed by atoms with van der Waals surface area (Å²) in [4.78, 5) is 16.9. The fraction of sp³-hybridized carbons (Fsp3) is 0.286. The van der Waals surface area contributed by atoms with E-state index in [2.05, 4.69) is 28.1 Å². The SMILES string of the molecule is O=C(COc1ccccc1)NCCCc1nc2ccccc2n1CCCCOc1ccccc1. The van der Waals surface area contributed by atoms with Crippen LogP contribution in [0.15, 0.2) is 84.9 Å². The average molecular weight is 458 g/mol. The number of para-hydroxylation sites is 4. The Balaban J connectivity index is 1.23. The van der Waals surface area contributed by atoms with E-state index in [0.717, 1.165) is 54.8 Å². The molecule has 0 radical (unpaired) electrons. The Labute approximate surface area is 200 Å². The van der Waals surface area contributed by atoms with E-state index >= 15 is 0 Å². The van der Waals surface area contributed by atoms with E-state index in [4.69, 9.17) is 14.5 Å². The van der Waals surface area contributed by atoms with Crippen LogP contribution in [-0.2, 0) is 17.8 Å². The summed E-state index contributed by atoms with van der Waals surface area (Å²) in [5.41, 5.74) is 2.17. The third kappa shape index (κ3) is 6.85. The van der Waals surface area contributed by atoms with Crippen LogP contribution in [0.2, 0.25) is 0 Å². The number of benzene rings is 3. The van der Waals surface area contributed by atoms with Gasteiger partial charge < -0.3 is 19.4 Å². The molecule has 0 fully saturated rings. The minimum absolute atomic E-state index is 0.0214. The summed E-state index contributed by atoms with van der Waals surface area (Å²) < 4.78 is 13.6. The van der Waals surface area contributed by atoms with E-state index in [1.54, 1.807) is 0 Å². The molecule has 34 heavy (non-hydrogen) atoms. The van der Waals surface area contributed by atoms with Crippen molar-refractivity contribution in [2.45, 2.75) is 32.2 Å². The van der Waals surface area contributed by atoms with E-state index in [-0.39, 0.29) is 12.5 Å². The molecule has 1 aromatic heterocycles. The summed E-state index contributed by atoms with van der Waals surface area (Å²) in [5.74, 6) is 2.55. The van der Waals surface area contributed by atoms with Gasteiger partial charge in [-0.2, -0.15) is 0 Å². The number of hydrogen-bond acceptors (Lipinski definition) is 4. The molecule has 176 valence electrons. The summed E-state index contributed by atoms with van der Waals surface area (Å²) in [5, 5.41) is 2.93. The Morgan fingerprint density at radius 2 is 1.47 bits per heavy atom. The standard InChI is InChI=1S/C28H31N3O3/c32-28(22-34-24-14-5-2-6-15-24)29-19-11-18-27-30-25-16-7-8-17-26(25)31(27)20-9-10-21-33-23-12-3-1-4-13-23/h1-8,12-17H,9-11,18-22H2,(H,29,32). The number of imidazole rings is 1. The summed E-state index contributed by atoms with van der Waals surface area (Å²) in [7, 11) is 0. The minimum atomic E-state index is -0.115. The lowest BCUT2D eigenvalue weighted by atomic mass is 10.2. The van der Waals surface area contributed by atoms with Gasteiger partial charge in [0.15, 0.2) is 6.61 Å². The molecule has 0 aliphatic carbocycles. The zero-order valence-electron chi connectivity index (χ0n) is 19.4. The van der Waals surface area contributed by atoms with Crippen LogP contribution in [0.3, 0.4) is 0 Å². The number of fused-ring (bicyclic) bond motifs is 1. The Morgan fingerprint density at radius 1 is 0.794 bits per heavy atom. The van der Waals surface area contributed by atoms with E-state index in [1.165, 1.54) is 0 Å². The Kier molecular flexibility index (Phi) is 8.55. The smallest absolute Gasteiger partial charge is 0.257 e. The zero-order chi connectivity index (χ0) is 23.4. The second-order valence-corrected chi connectivity index (χ2v) is 8.09. The predicted molar refractivity (Wildman–Crippen MR) is 134 cm³/mol. The second kappa shape index (κ2) is 12.4. The first-order valence-corrected chi connectivity index (χ1v) is 11.9. The first-order chi connectivity index (χ1) is 16.8. The van der Waals surface area contributed by atoms with Gasteiger partial charge in [-0.25, -0.2) is 4.98 Å². The molecule has 6 nitrogen and oxygen atoms in total. The number of aryl methyl sites for hydroxylation is 2. The summed E-state index contributed by atoms with van der Waals surface area (Å²) in [6.45, 7) is 2.20. The number of unbranched alkanes of at least 4 members (excludes halogenated alkanes) is 1. The van der Waals surface area contributed by atoms with Gasteiger partial charge in [0, 0.05) is 19.5 Å². The van der Waals surface area contributed by atoms with E-state index in [1.807, 2.05) is 66.7 Å². The zero-order valence-corrected chi connectivity index (χ0v) is 19.4. The number of nitrogens with one attached hydrogen (secondary N) is 1. The van der Waals surface area contributed by atoms with Crippen LogP contribution in [0.1, 0.15) is 25.1 Å². The van der Waals surface area contributed by atoms with Gasteiger partial charge in [0.25, 0.3) is 5.91 Å². The minimum Gasteiger partial charge on any atom is -0.494 e. The molecule has 4 rings (SSSR count). The molecule has 3 aromatic carbocycles. The molecule has 0 unspecified atom stereocenters. The van der Waals surface area contributed by atoms with E-state index in [9.17, 15) is 4.79 Å². The van der Waals surface area contributed by atoms with Crippen molar-refractivity contribution in [2.75, 3.05) is 19.8 Å². The monoisotopic (exact) mass is 457 g/mol. The summed E-state index contributed by atoms with van der Waals surface area (Å²) in [6.07, 6.45) is 3.60. The van der Waals surface area contributed by atoms with Gasteiger partial charge in [-0.3, -0.25) is 4.79 Å². The first-order valence-electron chi connectivity index (χ1n) is 11.9. The number of aromatic nitrogens is 2. The van der Waals surface area contributed by atoms with Crippen LogP contribution < -0.4 is 14.8 Å². The number of ether oxygens (including phenoxy) is 2. The van der Waals surface area contributed by atoms with Gasteiger partial charge in [0.1, 0.15) is 17.3 Å².